The molecule has 1 saturated heterocycles. The minimum absolute atomic E-state index is 0.0563. The zero-order valence-electron chi connectivity index (χ0n) is 19.0. The van der Waals surface area contributed by atoms with E-state index in [0.717, 1.165) is 11.1 Å². The maximum Gasteiger partial charge on any atom is 0.407 e. The van der Waals surface area contributed by atoms with Crippen LogP contribution >= 0.6 is 0 Å². The predicted molar refractivity (Wildman–Crippen MR) is 130 cm³/mol. The van der Waals surface area contributed by atoms with Crippen LogP contribution in [0.1, 0.15) is 40.4 Å². The number of H-pyrrole nitrogens is 1. The van der Waals surface area contributed by atoms with Crippen molar-refractivity contribution in [3.63, 3.8) is 0 Å². The van der Waals surface area contributed by atoms with Crippen LogP contribution in [0.5, 0.6) is 0 Å². The smallest absolute Gasteiger partial charge is 0.407 e. The maximum atomic E-state index is 13.4. The molecule has 0 saturated carbocycles. The summed E-state index contributed by atoms with van der Waals surface area (Å²) in [5.74, 6) is -0.393. The fourth-order valence-corrected chi connectivity index (χ4v) is 4.61. The summed E-state index contributed by atoms with van der Waals surface area (Å²) in [7, 11) is 0. The number of hydrogen-bond acceptors (Lipinski definition) is 4. The number of nitrogens with one attached hydrogen (secondary N) is 2. The Hall–Kier alpha value is -4.40. The molecule has 0 spiro atoms. The molecular weight excluding hydrogens is 446 g/mol. The van der Waals surface area contributed by atoms with Crippen LogP contribution in [0.4, 0.5) is 4.79 Å². The van der Waals surface area contributed by atoms with E-state index >= 15 is 0 Å². The highest BCUT2D eigenvalue weighted by molar-refractivity contribution is 6.05. The van der Waals surface area contributed by atoms with Gasteiger partial charge >= 0.3 is 6.09 Å². The minimum Gasteiger partial charge on any atom is -0.465 e. The highest BCUT2D eigenvalue weighted by Gasteiger charge is 2.29. The molecule has 9 nitrogen and oxygen atoms in total. The molecule has 3 N–H and O–H groups in total. The number of nitrogens with zero attached hydrogens (tertiary/aromatic N) is 3. The van der Waals surface area contributed by atoms with E-state index in [-0.39, 0.29) is 17.4 Å². The number of carbonyl (C=O) groups is 2. The topological polar surface area (TPSA) is 120 Å². The van der Waals surface area contributed by atoms with Gasteiger partial charge in [0.05, 0.1) is 5.69 Å². The normalized spacial score (nSPS) is 14.2. The molecule has 4 aromatic rings. The van der Waals surface area contributed by atoms with E-state index in [1.54, 1.807) is 4.52 Å². The zero-order valence-corrected chi connectivity index (χ0v) is 19.0. The van der Waals surface area contributed by atoms with Gasteiger partial charge in [0.2, 0.25) is 0 Å². The van der Waals surface area contributed by atoms with Gasteiger partial charge < -0.3 is 20.3 Å². The monoisotopic (exact) mass is 471 g/mol. The average molecular weight is 472 g/mol. The van der Waals surface area contributed by atoms with E-state index in [1.165, 1.54) is 11.0 Å². The summed E-state index contributed by atoms with van der Waals surface area (Å²) in [4.78, 5) is 41.6. The molecule has 0 unspecified atom stereocenters. The van der Waals surface area contributed by atoms with Crippen molar-refractivity contribution in [2.75, 3.05) is 13.1 Å². The molecule has 2 aromatic heterocycles. The fraction of sp³-hybridized carbons (Fsp3) is 0.231. The number of rotatable bonds is 5. The Morgan fingerprint density at radius 1 is 1.03 bits per heavy atom. The SMILES string of the molecule is O=C(NCc1ccccc1)c1c(-c2ccccc2)nn2c(C3CCN(C(=O)O)CC3)cc(=O)[nH]c12. The molecule has 178 valence electrons. The van der Waals surface area contributed by atoms with Gasteiger partial charge in [-0.2, -0.15) is 5.10 Å². The first kappa shape index (κ1) is 22.4. The second-order valence-electron chi connectivity index (χ2n) is 8.62. The first-order chi connectivity index (χ1) is 17.0. The Balaban J connectivity index is 1.58. The molecule has 1 fully saturated rings. The molecule has 0 aliphatic carbocycles. The van der Waals surface area contributed by atoms with Gasteiger partial charge in [0.15, 0.2) is 0 Å². The number of piperidine rings is 1. The van der Waals surface area contributed by atoms with Crippen molar-refractivity contribution in [1.82, 2.24) is 24.8 Å². The Kier molecular flexibility index (Phi) is 6.05. The molecule has 1 aliphatic rings. The number of aromatic amines is 1. The summed E-state index contributed by atoms with van der Waals surface area (Å²) < 4.78 is 1.64. The first-order valence-electron chi connectivity index (χ1n) is 11.5. The Bertz CT molecular complexity index is 1420. The number of carbonyl (C=O) groups excluding carboxylic acids is 1. The number of carboxylic acid groups (broad SMARTS) is 1. The third-order valence-electron chi connectivity index (χ3n) is 6.40. The van der Waals surface area contributed by atoms with Gasteiger partial charge in [-0.25, -0.2) is 9.31 Å². The number of hydrogen-bond donors (Lipinski definition) is 3. The lowest BCUT2D eigenvalue weighted by Gasteiger charge is -2.30. The summed E-state index contributed by atoms with van der Waals surface area (Å²) in [5.41, 5.74) is 3.17. The lowest BCUT2D eigenvalue weighted by atomic mass is 9.93. The zero-order chi connectivity index (χ0) is 24.4. The van der Waals surface area contributed by atoms with Gasteiger partial charge in [0.1, 0.15) is 16.9 Å². The summed E-state index contributed by atoms with van der Waals surface area (Å²) in [6.07, 6.45) is 0.198. The minimum atomic E-state index is -0.942. The standard InChI is InChI=1S/C26H25N5O4/c32-21-15-20(18-11-13-30(14-12-18)26(34)35)31-24(28-21)22(23(29-31)19-9-5-2-6-10-19)25(33)27-16-17-7-3-1-4-8-17/h1-10,15,18H,11-14,16H2,(H,27,33)(H,28,32)(H,34,35). The van der Waals surface area contributed by atoms with E-state index in [0.29, 0.717) is 55.1 Å². The molecule has 2 aromatic carbocycles. The van der Waals surface area contributed by atoms with Gasteiger partial charge in [0.25, 0.3) is 11.5 Å². The van der Waals surface area contributed by atoms with Crippen LogP contribution in [0.3, 0.4) is 0 Å². The fourth-order valence-electron chi connectivity index (χ4n) is 4.61. The van der Waals surface area contributed by atoms with E-state index in [2.05, 4.69) is 10.3 Å². The molecule has 2 amide bonds. The number of fused-ring (bicyclic) bond motifs is 1. The number of amides is 2. The van der Waals surface area contributed by atoms with Crippen molar-refractivity contribution in [3.05, 3.63) is 93.9 Å². The van der Waals surface area contributed by atoms with Crippen molar-refractivity contribution in [3.8, 4) is 11.3 Å². The van der Waals surface area contributed by atoms with Crippen molar-refractivity contribution < 1.29 is 14.7 Å². The van der Waals surface area contributed by atoms with Gasteiger partial charge in [0, 0.05) is 37.2 Å². The summed E-state index contributed by atoms with van der Waals surface area (Å²) in [6, 6.07) is 20.5. The molecule has 3 heterocycles. The highest BCUT2D eigenvalue weighted by Crippen LogP contribution is 2.31. The van der Waals surface area contributed by atoms with E-state index in [9.17, 15) is 19.5 Å². The second kappa shape index (κ2) is 9.46. The average Bonchev–Trinajstić information content (AvgIpc) is 3.27. The molecule has 0 bridgehead atoms. The van der Waals surface area contributed by atoms with Crippen LogP contribution in [-0.4, -0.2) is 49.7 Å². The van der Waals surface area contributed by atoms with Crippen molar-refractivity contribution in [2.45, 2.75) is 25.3 Å². The van der Waals surface area contributed by atoms with Gasteiger partial charge in [-0.05, 0) is 18.4 Å². The largest absolute Gasteiger partial charge is 0.465 e. The maximum absolute atomic E-state index is 13.4. The molecule has 9 heteroatoms. The molecule has 0 atom stereocenters. The Morgan fingerprint density at radius 2 is 1.69 bits per heavy atom. The molecule has 35 heavy (non-hydrogen) atoms. The van der Waals surface area contributed by atoms with Crippen LogP contribution in [0.2, 0.25) is 0 Å². The van der Waals surface area contributed by atoms with Crippen LogP contribution in [-0.2, 0) is 6.54 Å². The predicted octanol–water partition coefficient (Wildman–Crippen LogP) is 3.48. The Labute approximate surface area is 201 Å². The molecule has 1 aliphatic heterocycles. The highest BCUT2D eigenvalue weighted by atomic mass is 16.4. The lowest BCUT2D eigenvalue weighted by molar-refractivity contribution is 0.0952. The Morgan fingerprint density at radius 3 is 2.34 bits per heavy atom. The van der Waals surface area contributed by atoms with E-state index in [1.807, 2.05) is 60.7 Å². The quantitative estimate of drug-likeness (QED) is 0.412. The first-order valence-corrected chi connectivity index (χ1v) is 11.5. The summed E-state index contributed by atoms with van der Waals surface area (Å²) in [6.45, 7) is 1.10. The lowest BCUT2D eigenvalue weighted by Crippen LogP contribution is -2.37. The third kappa shape index (κ3) is 4.52. The van der Waals surface area contributed by atoms with Gasteiger partial charge in [-0.3, -0.25) is 9.59 Å². The number of aromatic nitrogens is 3. The van der Waals surface area contributed by atoms with Crippen LogP contribution in [0.15, 0.2) is 71.5 Å². The molecular formula is C26H25N5O4. The molecule has 0 radical (unpaired) electrons. The van der Waals surface area contributed by atoms with Crippen LogP contribution < -0.4 is 10.9 Å². The number of likely N-dealkylation sites (tertiary alicyclic amines) is 1. The van der Waals surface area contributed by atoms with E-state index < -0.39 is 6.09 Å². The van der Waals surface area contributed by atoms with Gasteiger partial charge in [-0.15, -0.1) is 0 Å². The van der Waals surface area contributed by atoms with E-state index in [4.69, 9.17) is 5.10 Å². The molecule has 5 rings (SSSR count). The number of benzene rings is 2. The third-order valence-corrected chi connectivity index (χ3v) is 6.40. The second-order valence-corrected chi connectivity index (χ2v) is 8.62. The van der Waals surface area contributed by atoms with Crippen LogP contribution in [0.25, 0.3) is 16.9 Å². The summed E-state index contributed by atoms with van der Waals surface area (Å²) in [5, 5.41) is 17.0. The summed E-state index contributed by atoms with van der Waals surface area (Å²) >= 11 is 0. The van der Waals surface area contributed by atoms with Crippen molar-refractivity contribution in [2.24, 2.45) is 0 Å². The van der Waals surface area contributed by atoms with Gasteiger partial charge in [-0.1, -0.05) is 60.7 Å². The van der Waals surface area contributed by atoms with Crippen LogP contribution in [0, 0.1) is 0 Å². The van der Waals surface area contributed by atoms with Crippen molar-refractivity contribution >= 4 is 17.6 Å². The van der Waals surface area contributed by atoms with Crippen molar-refractivity contribution in [1.29, 1.82) is 0 Å².